The maximum absolute atomic E-state index is 13.6. The van der Waals surface area contributed by atoms with Crippen molar-refractivity contribution in [3.63, 3.8) is 0 Å². The fraction of sp³-hybridized carbons (Fsp3) is 0.441. The molecule has 232 valence electrons. The van der Waals surface area contributed by atoms with E-state index < -0.39 is 12.3 Å². The molecule has 2 N–H and O–H groups in total. The van der Waals surface area contributed by atoms with Crippen LogP contribution in [0.3, 0.4) is 0 Å². The minimum absolute atomic E-state index is 0.131. The molecular formula is C34H36N6O5. The maximum atomic E-state index is 13.6. The second kappa shape index (κ2) is 10.8. The zero-order valence-corrected chi connectivity index (χ0v) is 25.0. The Morgan fingerprint density at radius 1 is 0.978 bits per heavy atom. The summed E-state index contributed by atoms with van der Waals surface area (Å²) in [6, 6.07) is 15.3. The topological polar surface area (TPSA) is 129 Å². The summed E-state index contributed by atoms with van der Waals surface area (Å²) < 4.78 is 7.57. The molecule has 5 heterocycles. The van der Waals surface area contributed by atoms with E-state index >= 15 is 0 Å². The van der Waals surface area contributed by atoms with E-state index in [0.717, 1.165) is 50.8 Å². The van der Waals surface area contributed by atoms with E-state index in [1.165, 1.54) is 10.5 Å². The Kier molecular flexibility index (Phi) is 6.74. The SMILES string of the molecule is O=C1CCC(N2C(=O)c3cccc(NCc4cnn(C5CCN(C(=O)C6(Cc7ccccc7)CC6)CC5)c4)c3C2=O)C2OC2N1. The molecule has 1 aromatic heterocycles. The number of rotatable bonds is 8. The van der Waals surface area contributed by atoms with Crippen molar-refractivity contribution >= 4 is 29.3 Å². The van der Waals surface area contributed by atoms with Crippen LogP contribution in [0.5, 0.6) is 0 Å². The van der Waals surface area contributed by atoms with Crippen molar-refractivity contribution in [3.05, 3.63) is 83.2 Å². The van der Waals surface area contributed by atoms with Crippen LogP contribution in [0.25, 0.3) is 0 Å². The molecule has 4 fully saturated rings. The number of nitrogens with one attached hydrogen (secondary N) is 2. The Bertz CT molecular complexity index is 1670. The van der Waals surface area contributed by atoms with E-state index in [4.69, 9.17) is 4.74 Å². The van der Waals surface area contributed by atoms with Crippen LogP contribution in [0.15, 0.2) is 60.9 Å². The third-order valence-electron chi connectivity index (χ3n) is 10.1. The number of epoxide rings is 1. The summed E-state index contributed by atoms with van der Waals surface area (Å²) in [7, 11) is 0. The zero-order valence-electron chi connectivity index (χ0n) is 25.0. The van der Waals surface area contributed by atoms with Crippen molar-refractivity contribution in [3.8, 4) is 0 Å². The second-order valence-electron chi connectivity index (χ2n) is 13.1. The number of anilines is 1. The number of likely N-dealkylation sites (tertiary alicyclic amines) is 1. The van der Waals surface area contributed by atoms with Gasteiger partial charge in [0.1, 0.15) is 6.10 Å². The third-order valence-corrected chi connectivity index (χ3v) is 10.1. The molecule has 1 aliphatic carbocycles. The Morgan fingerprint density at radius 3 is 2.56 bits per heavy atom. The fourth-order valence-corrected chi connectivity index (χ4v) is 7.37. The van der Waals surface area contributed by atoms with Gasteiger partial charge in [-0.25, -0.2) is 0 Å². The lowest BCUT2D eigenvalue weighted by atomic mass is 9.93. The molecule has 45 heavy (non-hydrogen) atoms. The molecule has 1 saturated carbocycles. The molecule has 4 amide bonds. The molecule has 0 radical (unpaired) electrons. The number of fused-ring (bicyclic) bond motifs is 2. The number of benzene rings is 2. The highest BCUT2D eigenvalue weighted by Gasteiger charge is 2.55. The number of nitrogens with zero attached hydrogens (tertiary/aromatic N) is 4. The maximum Gasteiger partial charge on any atom is 0.264 e. The number of piperidine rings is 1. The van der Waals surface area contributed by atoms with Gasteiger partial charge in [-0.15, -0.1) is 0 Å². The molecule has 3 aromatic rings. The molecule has 0 spiro atoms. The average Bonchev–Trinajstić information content (AvgIpc) is 3.95. The van der Waals surface area contributed by atoms with Gasteiger partial charge in [0.2, 0.25) is 11.8 Å². The second-order valence-corrected chi connectivity index (χ2v) is 13.1. The number of aromatic nitrogens is 2. The molecule has 4 aliphatic heterocycles. The summed E-state index contributed by atoms with van der Waals surface area (Å²) in [5.74, 6) is -0.544. The molecule has 3 atom stereocenters. The van der Waals surface area contributed by atoms with Crippen molar-refractivity contribution in [2.24, 2.45) is 5.41 Å². The number of ether oxygens (including phenoxy) is 1. The highest BCUT2D eigenvalue weighted by Crippen LogP contribution is 2.50. The van der Waals surface area contributed by atoms with Crippen LogP contribution in [0, 0.1) is 5.41 Å². The molecule has 2 aromatic carbocycles. The highest BCUT2D eigenvalue weighted by molar-refractivity contribution is 6.24. The van der Waals surface area contributed by atoms with Crippen LogP contribution in [0.4, 0.5) is 5.69 Å². The monoisotopic (exact) mass is 608 g/mol. The summed E-state index contributed by atoms with van der Waals surface area (Å²) in [5, 5.41) is 10.8. The van der Waals surface area contributed by atoms with Crippen molar-refractivity contribution in [1.82, 2.24) is 24.9 Å². The van der Waals surface area contributed by atoms with Crippen LogP contribution < -0.4 is 10.6 Å². The van der Waals surface area contributed by atoms with Gasteiger partial charge >= 0.3 is 0 Å². The average molecular weight is 609 g/mol. The molecule has 11 heteroatoms. The molecular weight excluding hydrogens is 572 g/mol. The van der Waals surface area contributed by atoms with Gasteiger partial charge in [0.05, 0.1) is 34.8 Å². The predicted octanol–water partition coefficient (Wildman–Crippen LogP) is 3.28. The zero-order chi connectivity index (χ0) is 30.7. The Hall–Kier alpha value is -4.51. The van der Waals surface area contributed by atoms with Gasteiger partial charge in [-0.2, -0.15) is 5.10 Å². The van der Waals surface area contributed by atoms with Crippen molar-refractivity contribution < 1.29 is 23.9 Å². The Labute approximate surface area is 260 Å². The number of imide groups is 1. The summed E-state index contributed by atoms with van der Waals surface area (Å²) in [4.78, 5) is 55.7. The molecule has 3 saturated heterocycles. The lowest BCUT2D eigenvalue weighted by Crippen LogP contribution is -2.43. The lowest BCUT2D eigenvalue weighted by Gasteiger charge is -2.34. The summed E-state index contributed by atoms with van der Waals surface area (Å²) in [6.07, 6.45) is 8.12. The largest absolute Gasteiger partial charge is 0.380 e. The quantitative estimate of drug-likeness (QED) is 0.297. The number of hydrogen-bond acceptors (Lipinski definition) is 7. The summed E-state index contributed by atoms with van der Waals surface area (Å²) in [6.45, 7) is 1.90. The van der Waals surface area contributed by atoms with E-state index in [1.807, 2.05) is 41.3 Å². The standard InChI is InChI=1S/C34H36N6O5/c41-27-10-9-26(29-30(37-27)45-29)40-31(42)24-7-4-8-25(28(24)32(40)43)35-18-22-19-36-39(20-22)23-11-15-38(16-12-23)33(44)34(13-14-34)17-21-5-2-1-3-6-21/h1-8,19-20,23,26,29-30,35H,9-18H2,(H,37,41). The molecule has 3 unspecified atom stereocenters. The lowest BCUT2D eigenvalue weighted by molar-refractivity contribution is -0.138. The van der Waals surface area contributed by atoms with Crippen molar-refractivity contribution in [2.75, 3.05) is 18.4 Å². The van der Waals surface area contributed by atoms with Crippen LogP contribution >= 0.6 is 0 Å². The summed E-state index contributed by atoms with van der Waals surface area (Å²) >= 11 is 0. The first kappa shape index (κ1) is 28.0. The van der Waals surface area contributed by atoms with E-state index in [0.29, 0.717) is 35.7 Å². The number of carbonyl (C=O) groups is 4. The van der Waals surface area contributed by atoms with E-state index in [9.17, 15) is 19.2 Å². The summed E-state index contributed by atoms with van der Waals surface area (Å²) in [5.41, 5.74) is 3.27. The smallest absolute Gasteiger partial charge is 0.264 e. The van der Waals surface area contributed by atoms with E-state index in [1.54, 1.807) is 12.1 Å². The first-order valence-corrected chi connectivity index (χ1v) is 16.0. The number of hydrogen-bond donors (Lipinski definition) is 2. The fourth-order valence-electron chi connectivity index (χ4n) is 7.37. The first-order chi connectivity index (χ1) is 21.9. The minimum atomic E-state index is -0.479. The Balaban J connectivity index is 0.886. The van der Waals surface area contributed by atoms with Crippen LogP contribution in [-0.4, -0.2) is 74.7 Å². The van der Waals surface area contributed by atoms with Crippen LogP contribution in [-0.2, 0) is 27.3 Å². The van der Waals surface area contributed by atoms with Gasteiger partial charge in [-0.3, -0.25) is 28.8 Å². The molecule has 0 bridgehead atoms. The van der Waals surface area contributed by atoms with Crippen molar-refractivity contribution in [2.45, 2.75) is 75.9 Å². The predicted molar refractivity (Wildman–Crippen MR) is 163 cm³/mol. The van der Waals surface area contributed by atoms with Gasteiger partial charge in [-0.05, 0) is 56.2 Å². The third kappa shape index (κ3) is 5.08. The van der Waals surface area contributed by atoms with E-state index in [2.05, 4.69) is 32.8 Å². The van der Waals surface area contributed by atoms with Crippen LogP contribution in [0.2, 0.25) is 0 Å². The van der Waals surface area contributed by atoms with Gasteiger partial charge in [-0.1, -0.05) is 36.4 Å². The highest BCUT2D eigenvalue weighted by atomic mass is 16.6. The van der Waals surface area contributed by atoms with Gasteiger partial charge < -0.3 is 20.3 Å². The molecule has 11 nitrogen and oxygen atoms in total. The van der Waals surface area contributed by atoms with Crippen LogP contribution in [0.1, 0.15) is 76.4 Å². The number of carbonyl (C=O) groups excluding carboxylic acids is 4. The van der Waals surface area contributed by atoms with Gasteiger partial charge in [0.15, 0.2) is 6.23 Å². The number of amides is 4. The minimum Gasteiger partial charge on any atom is -0.380 e. The van der Waals surface area contributed by atoms with Crippen molar-refractivity contribution in [1.29, 1.82) is 0 Å². The Morgan fingerprint density at radius 2 is 1.78 bits per heavy atom. The van der Waals surface area contributed by atoms with Gasteiger partial charge in [0.25, 0.3) is 11.8 Å². The first-order valence-electron chi connectivity index (χ1n) is 16.0. The normalized spacial score (nSPS) is 25.3. The molecule has 8 rings (SSSR count). The van der Waals surface area contributed by atoms with Gasteiger partial charge in [0, 0.05) is 43.5 Å². The molecule has 5 aliphatic rings. The van der Waals surface area contributed by atoms with E-state index in [-0.39, 0.29) is 41.7 Å².